The van der Waals surface area contributed by atoms with E-state index in [1.165, 1.54) is 19.2 Å². The van der Waals surface area contributed by atoms with E-state index in [9.17, 15) is 18.0 Å². The quantitative estimate of drug-likeness (QED) is 0.851. The van der Waals surface area contributed by atoms with Gasteiger partial charge in [-0.2, -0.15) is 13.2 Å². The molecular formula is C17H17F3N2O2. The van der Waals surface area contributed by atoms with Gasteiger partial charge in [-0.05, 0) is 23.3 Å². The smallest absolute Gasteiger partial charge is 0.416 e. The van der Waals surface area contributed by atoms with Crippen LogP contribution in [-0.4, -0.2) is 13.0 Å². The maximum absolute atomic E-state index is 13.2. The van der Waals surface area contributed by atoms with E-state index in [0.717, 1.165) is 6.07 Å². The summed E-state index contributed by atoms with van der Waals surface area (Å²) in [6, 6.07) is 11.4. The van der Waals surface area contributed by atoms with Gasteiger partial charge >= 0.3 is 6.18 Å². The van der Waals surface area contributed by atoms with Crippen LogP contribution in [-0.2, 0) is 17.5 Å². The van der Waals surface area contributed by atoms with Crippen molar-refractivity contribution in [1.82, 2.24) is 5.32 Å². The van der Waals surface area contributed by atoms with Gasteiger partial charge in [0.1, 0.15) is 11.8 Å². The number of ether oxygens (including phenoxy) is 1. The normalized spacial score (nSPS) is 12.7. The lowest BCUT2D eigenvalue weighted by Gasteiger charge is -2.19. The minimum Gasteiger partial charge on any atom is -0.497 e. The predicted molar refractivity (Wildman–Crippen MR) is 83.2 cm³/mol. The minimum atomic E-state index is -4.53. The third kappa shape index (κ3) is 4.26. The van der Waals surface area contributed by atoms with E-state index in [1.54, 1.807) is 30.3 Å². The molecular weight excluding hydrogens is 321 g/mol. The van der Waals surface area contributed by atoms with Crippen LogP contribution in [0, 0.1) is 0 Å². The third-order valence-electron chi connectivity index (χ3n) is 3.54. The summed E-state index contributed by atoms with van der Waals surface area (Å²) in [5.74, 6) is -0.552. The fourth-order valence-electron chi connectivity index (χ4n) is 2.34. The van der Waals surface area contributed by atoms with Crippen molar-refractivity contribution in [3.05, 3.63) is 65.2 Å². The number of nitrogens with two attached hydrogens (primary N) is 1. The fourth-order valence-corrected chi connectivity index (χ4v) is 2.34. The van der Waals surface area contributed by atoms with Gasteiger partial charge in [0, 0.05) is 6.54 Å². The second kappa shape index (κ2) is 7.35. The molecule has 2 rings (SSSR count). The zero-order valence-corrected chi connectivity index (χ0v) is 12.9. The molecule has 0 bridgehead atoms. The lowest BCUT2D eigenvalue weighted by molar-refractivity contribution is -0.138. The molecule has 4 nitrogen and oxygen atoms in total. The molecule has 0 aromatic heterocycles. The van der Waals surface area contributed by atoms with Crippen molar-refractivity contribution in [2.45, 2.75) is 18.8 Å². The van der Waals surface area contributed by atoms with Gasteiger partial charge in [0.05, 0.1) is 12.7 Å². The van der Waals surface area contributed by atoms with E-state index in [4.69, 9.17) is 10.5 Å². The summed E-state index contributed by atoms with van der Waals surface area (Å²) in [7, 11) is 1.30. The molecule has 0 saturated carbocycles. The molecule has 0 radical (unpaired) electrons. The van der Waals surface area contributed by atoms with E-state index >= 15 is 0 Å². The van der Waals surface area contributed by atoms with Crippen LogP contribution >= 0.6 is 0 Å². The van der Waals surface area contributed by atoms with Crippen LogP contribution in [0.4, 0.5) is 13.2 Å². The summed E-state index contributed by atoms with van der Waals surface area (Å²) in [6.45, 7) is -0.165. The number of hydrogen-bond acceptors (Lipinski definition) is 3. The Labute approximate surface area is 137 Å². The summed E-state index contributed by atoms with van der Waals surface area (Å²) >= 11 is 0. The van der Waals surface area contributed by atoms with E-state index < -0.39 is 23.7 Å². The Morgan fingerprint density at radius 1 is 1.21 bits per heavy atom. The Kier molecular flexibility index (Phi) is 5.46. The molecule has 2 aromatic carbocycles. The molecule has 0 aliphatic heterocycles. The number of nitrogens with one attached hydrogen (secondary N) is 1. The number of halogens is 3. The summed E-state index contributed by atoms with van der Waals surface area (Å²) in [5, 5.41) is 2.79. The SMILES string of the molecule is COc1ccc(CN[C@@H](C(N)=O)c2ccccc2)c(C(F)(F)F)c1. The number of rotatable bonds is 6. The number of alkyl halides is 3. The van der Waals surface area contributed by atoms with Crippen LogP contribution in [0.2, 0.25) is 0 Å². The molecule has 0 spiro atoms. The first-order valence-corrected chi connectivity index (χ1v) is 7.14. The van der Waals surface area contributed by atoms with Crippen molar-refractivity contribution in [1.29, 1.82) is 0 Å². The molecule has 0 aliphatic rings. The number of primary amides is 1. The standard InChI is InChI=1S/C17H17F3N2O2/c1-24-13-8-7-12(14(9-13)17(18,19)20)10-22-15(16(21)23)11-5-3-2-4-6-11/h2-9,15,22H,10H2,1H3,(H2,21,23)/t15-/m1/s1. The van der Waals surface area contributed by atoms with Crippen LogP contribution in [0.1, 0.15) is 22.7 Å². The van der Waals surface area contributed by atoms with Crippen molar-refractivity contribution in [2.24, 2.45) is 5.73 Å². The predicted octanol–water partition coefficient (Wildman–Crippen LogP) is 3.03. The molecule has 7 heteroatoms. The number of benzene rings is 2. The number of hydrogen-bond donors (Lipinski definition) is 2. The lowest BCUT2D eigenvalue weighted by atomic mass is 10.0. The van der Waals surface area contributed by atoms with E-state index in [0.29, 0.717) is 5.56 Å². The molecule has 0 aliphatic carbocycles. The summed E-state index contributed by atoms with van der Waals surface area (Å²) in [6.07, 6.45) is -4.53. The van der Waals surface area contributed by atoms with Crippen molar-refractivity contribution in [3.63, 3.8) is 0 Å². The van der Waals surface area contributed by atoms with Crippen molar-refractivity contribution >= 4 is 5.91 Å². The fraction of sp³-hybridized carbons (Fsp3) is 0.235. The largest absolute Gasteiger partial charge is 0.497 e. The van der Waals surface area contributed by atoms with Crippen LogP contribution in [0.25, 0.3) is 0 Å². The first-order valence-electron chi connectivity index (χ1n) is 7.14. The average Bonchev–Trinajstić information content (AvgIpc) is 2.55. The maximum atomic E-state index is 13.2. The zero-order chi connectivity index (χ0) is 17.7. The molecule has 0 heterocycles. The average molecular weight is 338 g/mol. The molecule has 1 amide bonds. The molecule has 3 N–H and O–H groups in total. The highest BCUT2D eigenvalue weighted by molar-refractivity contribution is 5.81. The first-order chi connectivity index (χ1) is 11.3. The van der Waals surface area contributed by atoms with E-state index in [2.05, 4.69) is 5.32 Å². The van der Waals surface area contributed by atoms with Gasteiger partial charge < -0.3 is 10.5 Å². The number of methoxy groups -OCH3 is 1. The topological polar surface area (TPSA) is 64.3 Å². The Bertz CT molecular complexity index is 703. The van der Waals surface area contributed by atoms with Gasteiger partial charge in [-0.3, -0.25) is 10.1 Å². The molecule has 128 valence electrons. The maximum Gasteiger partial charge on any atom is 0.416 e. The van der Waals surface area contributed by atoms with Crippen LogP contribution < -0.4 is 15.8 Å². The van der Waals surface area contributed by atoms with Gasteiger partial charge in [0.15, 0.2) is 0 Å². The molecule has 0 unspecified atom stereocenters. The summed E-state index contributed by atoms with van der Waals surface area (Å²) in [4.78, 5) is 11.6. The van der Waals surface area contributed by atoms with Gasteiger partial charge in [-0.15, -0.1) is 0 Å². The van der Waals surface area contributed by atoms with Crippen LogP contribution in [0.15, 0.2) is 48.5 Å². The van der Waals surface area contributed by atoms with Crippen molar-refractivity contribution in [2.75, 3.05) is 7.11 Å². The second-order valence-electron chi connectivity index (χ2n) is 5.15. The summed E-state index contributed by atoms with van der Waals surface area (Å²) in [5.41, 5.74) is 5.14. The van der Waals surface area contributed by atoms with E-state index in [1.807, 2.05) is 0 Å². The van der Waals surface area contributed by atoms with Crippen molar-refractivity contribution in [3.8, 4) is 5.75 Å². The number of carbonyl (C=O) groups is 1. The zero-order valence-electron chi connectivity index (χ0n) is 12.9. The second-order valence-corrected chi connectivity index (χ2v) is 5.15. The van der Waals surface area contributed by atoms with Crippen LogP contribution in [0.3, 0.4) is 0 Å². The molecule has 0 saturated heterocycles. The number of amides is 1. The third-order valence-corrected chi connectivity index (χ3v) is 3.54. The highest BCUT2D eigenvalue weighted by Crippen LogP contribution is 2.34. The van der Waals surface area contributed by atoms with Gasteiger partial charge in [-0.1, -0.05) is 36.4 Å². The lowest BCUT2D eigenvalue weighted by Crippen LogP contribution is -2.33. The Hall–Kier alpha value is -2.54. The highest BCUT2D eigenvalue weighted by atomic mass is 19.4. The molecule has 0 fully saturated rings. The number of carbonyl (C=O) groups excluding carboxylic acids is 1. The molecule has 24 heavy (non-hydrogen) atoms. The monoisotopic (exact) mass is 338 g/mol. The van der Waals surface area contributed by atoms with Crippen molar-refractivity contribution < 1.29 is 22.7 Å². The Morgan fingerprint density at radius 3 is 2.42 bits per heavy atom. The van der Waals surface area contributed by atoms with Gasteiger partial charge in [0.2, 0.25) is 5.91 Å². The van der Waals surface area contributed by atoms with Gasteiger partial charge in [-0.25, -0.2) is 0 Å². The Balaban J connectivity index is 2.25. The van der Waals surface area contributed by atoms with Gasteiger partial charge in [0.25, 0.3) is 0 Å². The molecule has 1 atom stereocenters. The Morgan fingerprint density at radius 2 is 1.88 bits per heavy atom. The minimum absolute atomic E-state index is 0.00508. The summed E-state index contributed by atoms with van der Waals surface area (Å²) < 4.78 is 44.4. The molecule has 2 aromatic rings. The highest BCUT2D eigenvalue weighted by Gasteiger charge is 2.34. The first kappa shape index (κ1) is 17.8. The van der Waals surface area contributed by atoms with E-state index in [-0.39, 0.29) is 17.9 Å². The van der Waals surface area contributed by atoms with Crippen LogP contribution in [0.5, 0.6) is 5.75 Å².